The molecule has 6 heteroatoms. The maximum absolute atomic E-state index is 9.96. The van der Waals surface area contributed by atoms with Crippen molar-refractivity contribution in [3.8, 4) is 17.1 Å². The molecule has 102 valence electrons. The van der Waals surface area contributed by atoms with Gasteiger partial charge >= 0.3 is 0 Å². The number of hydrogen-bond acceptors (Lipinski definition) is 4. The van der Waals surface area contributed by atoms with Crippen LogP contribution < -0.4 is 0 Å². The highest BCUT2D eigenvalue weighted by molar-refractivity contribution is 7.71. The molecular formula is C15H10N4OS. The van der Waals surface area contributed by atoms with Crippen molar-refractivity contribution in [1.82, 2.24) is 19.6 Å². The summed E-state index contributed by atoms with van der Waals surface area (Å²) in [6, 6.07) is 14.7. The molecule has 4 rings (SSSR count). The summed E-state index contributed by atoms with van der Waals surface area (Å²) < 4.78 is 2.05. The Balaban J connectivity index is 2.11. The van der Waals surface area contributed by atoms with E-state index in [4.69, 9.17) is 12.2 Å². The van der Waals surface area contributed by atoms with Gasteiger partial charge in [0.25, 0.3) is 0 Å². The van der Waals surface area contributed by atoms with Gasteiger partial charge in [-0.25, -0.2) is 14.5 Å². The van der Waals surface area contributed by atoms with Crippen molar-refractivity contribution < 1.29 is 5.11 Å². The molecule has 0 atom stereocenters. The van der Waals surface area contributed by atoms with E-state index in [1.807, 2.05) is 30.3 Å². The van der Waals surface area contributed by atoms with E-state index in [2.05, 4.69) is 15.1 Å². The summed E-state index contributed by atoms with van der Waals surface area (Å²) in [7, 11) is 0. The zero-order chi connectivity index (χ0) is 14.4. The van der Waals surface area contributed by atoms with Crippen molar-refractivity contribution in [2.24, 2.45) is 0 Å². The molecule has 21 heavy (non-hydrogen) atoms. The lowest BCUT2D eigenvalue weighted by atomic mass is 10.2. The highest BCUT2D eigenvalue weighted by Crippen LogP contribution is 2.27. The number of phenolic OH excluding ortho intramolecular Hbond substituents is 1. The Bertz CT molecular complexity index is 1030. The minimum Gasteiger partial charge on any atom is -0.507 e. The number of rotatable bonds is 1. The van der Waals surface area contributed by atoms with Crippen LogP contribution in [-0.2, 0) is 0 Å². The fourth-order valence-electron chi connectivity index (χ4n) is 2.37. The Labute approximate surface area is 124 Å². The molecule has 0 unspecified atom stereocenters. The van der Waals surface area contributed by atoms with Crippen LogP contribution in [0.3, 0.4) is 0 Å². The average Bonchev–Trinajstić information content (AvgIpc) is 2.94. The zero-order valence-corrected chi connectivity index (χ0v) is 11.6. The van der Waals surface area contributed by atoms with E-state index in [1.54, 1.807) is 22.7 Å². The number of hydrogen-bond donors (Lipinski definition) is 2. The molecule has 2 aromatic heterocycles. The molecule has 4 aromatic rings. The normalized spacial score (nSPS) is 11.2. The van der Waals surface area contributed by atoms with Gasteiger partial charge < -0.3 is 5.11 Å². The Kier molecular flexibility index (Phi) is 2.52. The number of fused-ring (bicyclic) bond motifs is 3. The Morgan fingerprint density at radius 3 is 2.62 bits per heavy atom. The van der Waals surface area contributed by atoms with Gasteiger partial charge in [0, 0.05) is 5.39 Å². The third kappa shape index (κ3) is 1.80. The average molecular weight is 294 g/mol. The summed E-state index contributed by atoms with van der Waals surface area (Å²) in [5.41, 5.74) is 2.13. The summed E-state index contributed by atoms with van der Waals surface area (Å²) in [6.07, 6.45) is 0. The molecule has 0 saturated carbocycles. The monoisotopic (exact) mass is 294 g/mol. The van der Waals surface area contributed by atoms with Crippen molar-refractivity contribution in [3.05, 3.63) is 53.3 Å². The van der Waals surface area contributed by atoms with Gasteiger partial charge in [-0.3, -0.25) is 5.10 Å². The molecule has 2 N–H and O–H groups in total. The van der Waals surface area contributed by atoms with Crippen LogP contribution in [0.4, 0.5) is 0 Å². The zero-order valence-electron chi connectivity index (χ0n) is 10.8. The summed E-state index contributed by atoms with van der Waals surface area (Å²) in [4.78, 5) is 8.95. The highest BCUT2D eigenvalue weighted by Gasteiger charge is 2.12. The fourth-order valence-corrected chi connectivity index (χ4v) is 2.60. The van der Waals surface area contributed by atoms with E-state index in [0.29, 0.717) is 21.8 Å². The number of aromatic hydroxyl groups is 1. The van der Waals surface area contributed by atoms with E-state index in [-0.39, 0.29) is 5.75 Å². The smallest absolute Gasteiger partial charge is 0.221 e. The third-order valence-electron chi connectivity index (χ3n) is 3.36. The molecule has 2 heterocycles. The molecule has 0 bridgehead atoms. The molecule has 0 aliphatic carbocycles. The van der Waals surface area contributed by atoms with Crippen molar-refractivity contribution in [3.63, 3.8) is 0 Å². The second-order valence-corrected chi connectivity index (χ2v) is 5.03. The first-order valence-electron chi connectivity index (χ1n) is 6.40. The SMILES string of the molecule is Oc1ccccc1-c1nc2c3ccccc3nc(=S)n2[nH]1. The van der Waals surface area contributed by atoms with Crippen LogP contribution in [0, 0.1) is 4.77 Å². The summed E-state index contributed by atoms with van der Waals surface area (Å²) in [5, 5.41) is 14.0. The first-order chi connectivity index (χ1) is 10.2. The van der Waals surface area contributed by atoms with Crippen LogP contribution in [-0.4, -0.2) is 24.7 Å². The van der Waals surface area contributed by atoms with Crippen LogP contribution in [0.2, 0.25) is 0 Å². The molecule has 5 nitrogen and oxygen atoms in total. The third-order valence-corrected chi connectivity index (χ3v) is 3.63. The minimum absolute atomic E-state index is 0.167. The highest BCUT2D eigenvalue weighted by atomic mass is 32.1. The first-order valence-corrected chi connectivity index (χ1v) is 6.81. The predicted molar refractivity (Wildman–Crippen MR) is 82.8 cm³/mol. The standard InChI is InChI=1S/C15H10N4OS/c20-12-8-4-2-6-10(12)13-17-14-9-5-1-3-7-11(9)16-15(21)19(14)18-13/h1-8,20H,(H,17,18). The van der Waals surface area contributed by atoms with Crippen LogP contribution >= 0.6 is 12.2 Å². The molecule has 0 amide bonds. The van der Waals surface area contributed by atoms with E-state index >= 15 is 0 Å². The second kappa shape index (κ2) is 4.39. The summed E-state index contributed by atoms with van der Waals surface area (Å²) >= 11 is 5.30. The van der Waals surface area contributed by atoms with Gasteiger partial charge in [0.05, 0.1) is 11.1 Å². The van der Waals surface area contributed by atoms with Crippen molar-refractivity contribution in [2.75, 3.05) is 0 Å². The van der Waals surface area contributed by atoms with Crippen LogP contribution in [0.1, 0.15) is 0 Å². The molecule has 0 aliphatic heterocycles. The molecule has 0 radical (unpaired) electrons. The van der Waals surface area contributed by atoms with Crippen molar-refractivity contribution in [2.45, 2.75) is 0 Å². The van der Waals surface area contributed by atoms with E-state index < -0.39 is 0 Å². The molecule has 0 fully saturated rings. The number of aromatic nitrogens is 4. The number of benzene rings is 2. The van der Waals surface area contributed by atoms with Gasteiger partial charge in [0.2, 0.25) is 4.77 Å². The number of phenols is 1. The number of nitrogens with one attached hydrogen (secondary N) is 1. The fraction of sp³-hybridized carbons (Fsp3) is 0. The number of nitrogens with zero attached hydrogens (tertiary/aromatic N) is 3. The molecular weight excluding hydrogens is 284 g/mol. The molecule has 0 saturated heterocycles. The lowest BCUT2D eigenvalue weighted by Crippen LogP contribution is -1.94. The van der Waals surface area contributed by atoms with Gasteiger partial charge in [-0.1, -0.05) is 24.3 Å². The molecule has 0 spiro atoms. The van der Waals surface area contributed by atoms with Gasteiger partial charge in [-0.2, -0.15) is 0 Å². The van der Waals surface area contributed by atoms with Crippen LogP contribution in [0.15, 0.2) is 48.5 Å². The van der Waals surface area contributed by atoms with Crippen molar-refractivity contribution in [1.29, 1.82) is 0 Å². The largest absolute Gasteiger partial charge is 0.507 e. The van der Waals surface area contributed by atoms with Crippen molar-refractivity contribution >= 4 is 28.8 Å². The predicted octanol–water partition coefficient (Wildman–Crippen LogP) is 3.31. The van der Waals surface area contributed by atoms with Gasteiger partial charge in [-0.15, -0.1) is 0 Å². The number of aromatic amines is 1. The van der Waals surface area contributed by atoms with Crippen LogP contribution in [0.5, 0.6) is 5.75 Å². The topological polar surface area (TPSA) is 66.2 Å². The lowest BCUT2D eigenvalue weighted by Gasteiger charge is -1.98. The second-order valence-electron chi connectivity index (χ2n) is 4.66. The summed E-state index contributed by atoms with van der Waals surface area (Å²) in [5.74, 6) is 0.720. The quantitative estimate of drug-likeness (QED) is 0.529. The minimum atomic E-state index is 0.167. The van der Waals surface area contributed by atoms with Crippen LogP contribution in [0.25, 0.3) is 27.9 Å². The summed E-state index contributed by atoms with van der Waals surface area (Å²) in [6.45, 7) is 0. The van der Waals surface area contributed by atoms with E-state index in [1.165, 1.54) is 0 Å². The van der Waals surface area contributed by atoms with E-state index in [9.17, 15) is 5.11 Å². The van der Waals surface area contributed by atoms with E-state index in [0.717, 1.165) is 10.9 Å². The van der Waals surface area contributed by atoms with Gasteiger partial charge in [0.15, 0.2) is 11.5 Å². The maximum atomic E-state index is 9.96. The molecule has 0 aliphatic rings. The Morgan fingerprint density at radius 2 is 1.76 bits per heavy atom. The number of H-pyrrole nitrogens is 1. The van der Waals surface area contributed by atoms with Gasteiger partial charge in [-0.05, 0) is 36.5 Å². The molecule has 2 aromatic carbocycles. The first kappa shape index (κ1) is 12.0. The van der Waals surface area contributed by atoms with Gasteiger partial charge in [0.1, 0.15) is 5.75 Å². The maximum Gasteiger partial charge on any atom is 0.221 e. The number of para-hydroxylation sites is 2. The lowest BCUT2D eigenvalue weighted by molar-refractivity contribution is 0.477. The Morgan fingerprint density at radius 1 is 1.00 bits per heavy atom. The Hall–Kier alpha value is -2.73.